The summed E-state index contributed by atoms with van der Waals surface area (Å²) >= 11 is 0. The fourth-order valence-electron chi connectivity index (χ4n) is 3.84. The van der Waals surface area contributed by atoms with Gasteiger partial charge in [-0.2, -0.15) is 0 Å². The molecule has 3 nitrogen and oxygen atoms in total. The highest BCUT2D eigenvalue weighted by atomic mass is 16.5. The topological polar surface area (TPSA) is 29.5 Å². The Morgan fingerprint density at radius 2 is 2.18 bits per heavy atom. The second-order valence-corrected chi connectivity index (χ2v) is 5.90. The normalized spacial score (nSPS) is 39.3. The zero-order chi connectivity index (χ0) is 11.7. The maximum absolute atomic E-state index is 11.9. The highest BCUT2D eigenvalue weighted by Crippen LogP contribution is 2.34. The molecule has 17 heavy (non-hydrogen) atoms. The molecule has 2 saturated heterocycles. The Hall–Kier alpha value is -0.410. The van der Waals surface area contributed by atoms with Crippen molar-refractivity contribution in [2.75, 3.05) is 26.3 Å². The third kappa shape index (κ3) is 2.41. The van der Waals surface area contributed by atoms with E-state index in [2.05, 4.69) is 4.90 Å². The number of ether oxygens (including phenoxy) is 1. The molecule has 2 heterocycles. The quantitative estimate of drug-likeness (QED) is 0.750. The fourth-order valence-corrected chi connectivity index (χ4v) is 3.84. The largest absolute Gasteiger partial charge is 0.381 e. The number of ketones is 1. The van der Waals surface area contributed by atoms with Gasteiger partial charge in [0.05, 0.1) is 6.61 Å². The van der Waals surface area contributed by atoms with Crippen molar-refractivity contribution in [1.29, 1.82) is 0 Å². The summed E-state index contributed by atoms with van der Waals surface area (Å²) in [5.41, 5.74) is 0. The minimum atomic E-state index is 0.361. The molecule has 3 atom stereocenters. The van der Waals surface area contributed by atoms with Gasteiger partial charge in [0.2, 0.25) is 0 Å². The van der Waals surface area contributed by atoms with Crippen LogP contribution in [0.5, 0.6) is 0 Å². The van der Waals surface area contributed by atoms with Gasteiger partial charge in [-0.1, -0.05) is 0 Å². The Balaban J connectivity index is 1.60. The molecular weight excluding hydrogens is 214 g/mol. The summed E-state index contributed by atoms with van der Waals surface area (Å²) in [5, 5.41) is 0. The van der Waals surface area contributed by atoms with Crippen LogP contribution in [0.3, 0.4) is 0 Å². The number of carbonyl (C=O) groups excluding carboxylic acids is 1. The third-order valence-corrected chi connectivity index (χ3v) is 4.75. The average molecular weight is 237 g/mol. The Kier molecular flexibility index (Phi) is 3.48. The standard InChI is InChI=1S/C14H23NO2/c16-14-5-1-3-12(14)13-4-2-7-15(13)9-11-6-8-17-10-11/h11-13H,1-10H2. The molecule has 3 aliphatic rings. The van der Waals surface area contributed by atoms with E-state index in [1.807, 2.05) is 0 Å². The predicted octanol–water partition coefficient (Wildman–Crippen LogP) is 1.86. The van der Waals surface area contributed by atoms with Gasteiger partial charge >= 0.3 is 0 Å². The van der Waals surface area contributed by atoms with Crippen molar-refractivity contribution < 1.29 is 9.53 Å². The van der Waals surface area contributed by atoms with E-state index in [1.54, 1.807) is 0 Å². The first kappa shape index (κ1) is 11.7. The summed E-state index contributed by atoms with van der Waals surface area (Å²) in [6.45, 7) is 4.23. The van der Waals surface area contributed by atoms with Crippen LogP contribution in [0.4, 0.5) is 0 Å². The number of rotatable bonds is 3. The van der Waals surface area contributed by atoms with Gasteiger partial charge < -0.3 is 4.74 Å². The van der Waals surface area contributed by atoms with Gasteiger partial charge in [-0.25, -0.2) is 0 Å². The molecule has 96 valence electrons. The van der Waals surface area contributed by atoms with Crippen LogP contribution in [0.1, 0.15) is 38.5 Å². The number of hydrogen-bond acceptors (Lipinski definition) is 3. The minimum absolute atomic E-state index is 0.361. The first-order valence-electron chi connectivity index (χ1n) is 7.19. The van der Waals surface area contributed by atoms with Crippen LogP contribution in [-0.4, -0.2) is 43.0 Å². The molecule has 3 fully saturated rings. The van der Waals surface area contributed by atoms with Crippen molar-refractivity contribution in [2.45, 2.75) is 44.6 Å². The first-order valence-corrected chi connectivity index (χ1v) is 7.19. The smallest absolute Gasteiger partial charge is 0.137 e. The van der Waals surface area contributed by atoms with Gasteiger partial charge in [-0.3, -0.25) is 9.69 Å². The summed E-state index contributed by atoms with van der Waals surface area (Å²) < 4.78 is 5.46. The molecule has 0 aromatic rings. The average Bonchev–Trinajstić information content (AvgIpc) is 3.00. The molecule has 3 rings (SSSR count). The summed E-state index contributed by atoms with van der Waals surface area (Å²) in [6, 6.07) is 0.561. The Morgan fingerprint density at radius 3 is 2.88 bits per heavy atom. The molecule has 2 aliphatic heterocycles. The Labute approximate surface area is 104 Å². The van der Waals surface area contributed by atoms with E-state index in [-0.39, 0.29) is 0 Å². The van der Waals surface area contributed by atoms with E-state index in [4.69, 9.17) is 4.74 Å². The molecule has 0 radical (unpaired) electrons. The molecule has 3 heteroatoms. The summed E-state index contributed by atoms with van der Waals surface area (Å²) in [7, 11) is 0. The van der Waals surface area contributed by atoms with Crippen LogP contribution in [0.2, 0.25) is 0 Å². The third-order valence-electron chi connectivity index (χ3n) is 4.75. The van der Waals surface area contributed by atoms with E-state index in [9.17, 15) is 4.79 Å². The van der Waals surface area contributed by atoms with Gasteiger partial charge in [0.25, 0.3) is 0 Å². The van der Waals surface area contributed by atoms with Gasteiger partial charge in [-0.05, 0) is 44.6 Å². The van der Waals surface area contributed by atoms with E-state index in [0.29, 0.717) is 23.7 Å². The van der Waals surface area contributed by atoms with Gasteiger partial charge in [0.1, 0.15) is 5.78 Å². The van der Waals surface area contributed by atoms with E-state index in [0.717, 1.165) is 39.0 Å². The maximum atomic E-state index is 11.9. The van der Waals surface area contributed by atoms with Crippen LogP contribution in [-0.2, 0) is 9.53 Å². The lowest BCUT2D eigenvalue weighted by Gasteiger charge is -2.30. The summed E-state index contributed by atoms with van der Waals surface area (Å²) in [4.78, 5) is 14.5. The maximum Gasteiger partial charge on any atom is 0.137 e. The molecule has 0 aromatic heterocycles. The van der Waals surface area contributed by atoms with Crippen molar-refractivity contribution in [3.8, 4) is 0 Å². The molecular formula is C14H23NO2. The number of carbonyl (C=O) groups is 1. The number of Topliss-reactive ketones (excluding diaryl/α,β-unsaturated/α-hetero) is 1. The van der Waals surface area contributed by atoms with Crippen molar-refractivity contribution >= 4 is 5.78 Å². The van der Waals surface area contributed by atoms with E-state index < -0.39 is 0 Å². The Bertz CT molecular complexity index is 286. The lowest BCUT2D eigenvalue weighted by Crippen LogP contribution is -2.40. The molecule has 0 bridgehead atoms. The lowest BCUT2D eigenvalue weighted by molar-refractivity contribution is -0.122. The second-order valence-electron chi connectivity index (χ2n) is 5.90. The molecule has 0 amide bonds. The minimum Gasteiger partial charge on any atom is -0.381 e. The molecule has 0 spiro atoms. The number of likely N-dealkylation sites (tertiary alicyclic amines) is 1. The summed E-state index contributed by atoms with van der Waals surface area (Å²) in [6.07, 6.45) is 6.83. The van der Waals surface area contributed by atoms with Crippen molar-refractivity contribution in [3.05, 3.63) is 0 Å². The SMILES string of the molecule is O=C1CCCC1C1CCCN1CC1CCOC1. The van der Waals surface area contributed by atoms with Gasteiger partial charge in [-0.15, -0.1) is 0 Å². The number of nitrogens with zero attached hydrogens (tertiary/aromatic N) is 1. The summed E-state index contributed by atoms with van der Waals surface area (Å²) in [5.74, 6) is 1.61. The van der Waals surface area contributed by atoms with Crippen molar-refractivity contribution in [3.63, 3.8) is 0 Å². The second kappa shape index (κ2) is 5.07. The van der Waals surface area contributed by atoms with Crippen molar-refractivity contribution in [1.82, 2.24) is 4.90 Å². The molecule has 0 aromatic carbocycles. The number of hydrogen-bond donors (Lipinski definition) is 0. The van der Waals surface area contributed by atoms with E-state index in [1.165, 1.54) is 25.8 Å². The van der Waals surface area contributed by atoms with Crippen molar-refractivity contribution in [2.24, 2.45) is 11.8 Å². The van der Waals surface area contributed by atoms with Gasteiger partial charge in [0.15, 0.2) is 0 Å². The first-order chi connectivity index (χ1) is 8.34. The zero-order valence-electron chi connectivity index (χ0n) is 10.6. The predicted molar refractivity (Wildman–Crippen MR) is 65.9 cm³/mol. The highest BCUT2D eigenvalue weighted by molar-refractivity contribution is 5.83. The van der Waals surface area contributed by atoms with Crippen LogP contribution in [0.15, 0.2) is 0 Å². The van der Waals surface area contributed by atoms with Crippen LogP contribution in [0, 0.1) is 11.8 Å². The Morgan fingerprint density at radius 1 is 1.24 bits per heavy atom. The van der Waals surface area contributed by atoms with Crippen LogP contribution >= 0.6 is 0 Å². The monoisotopic (exact) mass is 237 g/mol. The van der Waals surface area contributed by atoms with Gasteiger partial charge in [0, 0.05) is 31.5 Å². The van der Waals surface area contributed by atoms with Crippen LogP contribution in [0.25, 0.3) is 0 Å². The zero-order valence-corrected chi connectivity index (χ0v) is 10.6. The van der Waals surface area contributed by atoms with Crippen LogP contribution < -0.4 is 0 Å². The van der Waals surface area contributed by atoms with E-state index >= 15 is 0 Å². The molecule has 3 unspecified atom stereocenters. The fraction of sp³-hybridized carbons (Fsp3) is 0.929. The molecule has 0 N–H and O–H groups in total. The molecule has 1 aliphatic carbocycles. The highest BCUT2D eigenvalue weighted by Gasteiger charge is 2.38. The molecule has 1 saturated carbocycles. The lowest BCUT2D eigenvalue weighted by atomic mass is 9.94.